The van der Waals surface area contributed by atoms with Gasteiger partial charge in [0.1, 0.15) is 0 Å². The standard InChI is InChI=1S/C13H27N3O/c1-16(10-11-17-2)9-8-15-13(14)12-6-4-3-5-7-12/h12H,3-11H2,1-2H3,(H2,14,15). The summed E-state index contributed by atoms with van der Waals surface area (Å²) < 4.78 is 5.03. The third-order valence-electron chi connectivity index (χ3n) is 3.48. The molecule has 4 nitrogen and oxygen atoms in total. The molecule has 0 aromatic carbocycles. The van der Waals surface area contributed by atoms with Crippen LogP contribution in [0.15, 0.2) is 4.99 Å². The minimum atomic E-state index is 0.549. The van der Waals surface area contributed by atoms with Gasteiger partial charge in [0.2, 0.25) is 0 Å². The number of methoxy groups -OCH3 is 1. The number of likely N-dealkylation sites (N-methyl/N-ethyl adjacent to an activating group) is 1. The number of rotatable bonds is 7. The number of nitrogens with zero attached hydrogens (tertiary/aromatic N) is 2. The first-order valence-electron chi connectivity index (χ1n) is 6.71. The van der Waals surface area contributed by atoms with E-state index < -0.39 is 0 Å². The van der Waals surface area contributed by atoms with Crippen molar-refractivity contribution in [1.29, 1.82) is 0 Å². The minimum Gasteiger partial charge on any atom is -0.387 e. The van der Waals surface area contributed by atoms with Crippen molar-refractivity contribution < 1.29 is 4.74 Å². The molecule has 0 saturated heterocycles. The third-order valence-corrected chi connectivity index (χ3v) is 3.48. The molecule has 0 aromatic heterocycles. The van der Waals surface area contributed by atoms with Gasteiger partial charge in [-0.15, -0.1) is 0 Å². The zero-order valence-corrected chi connectivity index (χ0v) is 11.3. The summed E-state index contributed by atoms with van der Waals surface area (Å²) in [7, 11) is 3.82. The van der Waals surface area contributed by atoms with Gasteiger partial charge in [-0.25, -0.2) is 0 Å². The van der Waals surface area contributed by atoms with Crippen LogP contribution in [0.2, 0.25) is 0 Å². The second-order valence-corrected chi connectivity index (χ2v) is 4.94. The molecule has 4 heteroatoms. The molecule has 0 amide bonds. The molecule has 0 bridgehead atoms. The van der Waals surface area contributed by atoms with E-state index in [2.05, 4.69) is 16.9 Å². The highest BCUT2D eigenvalue weighted by atomic mass is 16.5. The molecule has 0 aliphatic heterocycles. The van der Waals surface area contributed by atoms with E-state index in [1.807, 2.05) is 0 Å². The van der Waals surface area contributed by atoms with Gasteiger partial charge in [-0.3, -0.25) is 4.99 Å². The number of aliphatic imine (C=N–C) groups is 1. The van der Waals surface area contributed by atoms with Crippen LogP contribution in [-0.2, 0) is 4.74 Å². The molecular weight excluding hydrogens is 214 g/mol. The lowest BCUT2D eigenvalue weighted by molar-refractivity contribution is 0.163. The van der Waals surface area contributed by atoms with Gasteiger partial charge in [-0.2, -0.15) is 0 Å². The van der Waals surface area contributed by atoms with Gasteiger partial charge in [0, 0.05) is 26.1 Å². The maximum Gasteiger partial charge on any atom is 0.0968 e. The molecule has 2 N–H and O–H groups in total. The first kappa shape index (κ1) is 14.5. The lowest BCUT2D eigenvalue weighted by atomic mass is 9.88. The van der Waals surface area contributed by atoms with E-state index in [9.17, 15) is 0 Å². The van der Waals surface area contributed by atoms with Crippen LogP contribution >= 0.6 is 0 Å². The van der Waals surface area contributed by atoms with E-state index in [-0.39, 0.29) is 0 Å². The predicted octanol–water partition coefficient (Wildman–Crippen LogP) is 1.50. The molecule has 1 saturated carbocycles. The molecule has 0 spiro atoms. The summed E-state index contributed by atoms with van der Waals surface area (Å²) in [6.45, 7) is 3.49. The molecule has 100 valence electrons. The van der Waals surface area contributed by atoms with E-state index in [0.717, 1.165) is 32.1 Å². The summed E-state index contributed by atoms with van der Waals surface area (Å²) in [4.78, 5) is 6.73. The Bertz CT molecular complexity index is 225. The van der Waals surface area contributed by atoms with Gasteiger partial charge >= 0.3 is 0 Å². The topological polar surface area (TPSA) is 50.8 Å². The lowest BCUT2D eigenvalue weighted by Crippen LogP contribution is -2.29. The van der Waals surface area contributed by atoms with Crippen LogP contribution < -0.4 is 5.73 Å². The van der Waals surface area contributed by atoms with Crippen LogP contribution in [0.4, 0.5) is 0 Å². The molecule has 0 atom stereocenters. The van der Waals surface area contributed by atoms with Gasteiger partial charge < -0.3 is 15.4 Å². The minimum absolute atomic E-state index is 0.549. The Morgan fingerprint density at radius 2 is 2.00 bits per heavy atom. The first-order valence-corrected chi connectivity index (χ1v) is 6.71. The summed E-state index contributed by atoms with van der Waals surface area (Å²) in [5.41, 5.74) is 6.04. The van der Waals surface area contributed by atoms with Crippen molar-refractivity contribution in [3.8, 4) is 0 Å². The van der Waals surface area contributed by atoms with E-state index >= 15 is 0 Å². The van der Waals surface area contributed by atoms with E-state index in [0.29, 0.717) is 5.92 Å². The summed E-state index contributed by atoms with van der Waals surface area (Å²) in [6.07, 6.45) is 6.45. The Morgan fingerprint density at radius 1 is 1.29 bits per heavy atom. The number of hydrogen-bond acceptors (Lipinski definition) is 3. The van der Waals surface area contributed by atoms with Crippen molar-refractivity contribution in [1.82, 2.24) is 4.90 Å². The van der Waals surface area contributed by atoms with E-state index in [4.69, 9.17) is 10.5 Å². The summed E-state index contributed by atoms with van der Waals surface area (Å²) in [5, 5.41) is 0. The Morgan fingerprint density at radius 3 is 2.65 bits per heavy atom. The average molecular weight is 241 g/mol. The largest absolute Gasteiger partial charge is 0.387 e. The predicted molar refractivity (Wildman–Crippen MR) is 72.4 cm³/mol. The van der Waals surface area contributed by atoms with Crippen LogP contribution in [0.3, 0.4) is 0 Å². The van der Waals surface area contributed by atoms with Crippen molar-refractivity contribution in [3.63, 3.8) is 0 Å². The smallest absolute Gasteiger partial charge is 0.0968 e. The Balaban J connectivity index is 2.17. The molecule has 17 heavy (non-hydrogen) atoms. The molecule has 1 aliphatic carbocycles. The molecule has 1 fully saturated rings. The maximum atomic E-state index is 6.04. The summed E-state index contributed by atoms with van der Waals surface area (Å²) >= 11 is 0. The molecule has 1 rings (SSSR count). The van der Waals surface area contributed by atoms with Crippen LogP contribution in [0.5, 0.6) is 0 Å². The Kier molecular flexibility index (Phi) is 7.21. The fourth-order valence-corrected chi connectivity index (χ4v) is 2.24. The zero-order valence-electron chi connectivity index (χ0n) is 11.3. The van der Waals surface area contributed by atoms with Crippen molar-refractivity contribution in [2.24, 2.45) is 16.6 Å². The van der Waals surface area contributed by atoms with Gasteiger partial charge in [0.05, 0.1) is 19.0 Å². The number of nitrogens with two attached hydrogens (primary N) is 1. The normalized spacial score (nSPS) is 18.9. The van der Waals surface area contributed by atoms with Crippen LogP contribution in [0.25, 0.3) is 0 Å². The number of hydrogen-bond donors (Lipinski definition) is 1. The second kappa shape index (κ2) is 8.48. The van der Waals surface area contributed by atoms with E-state index in [1.165, 1.54) is 32.1 Å². The molecule has 0 radical (unpaired) electrons. The monoisotopic (exact) mass is 241 g/mol. The second-order valence-electron chi connectivity index (χ2n) is 4.94. The molecule has 0 heterocycles. The fraction of sp³-hybridized carbons (Fsp3) is 0.923. The van der Waals surface area contributed by atoms with Crippen molar-refractivity contribution in [2.75, 3.05) is 40.4 Å². The average Bonchev–Trinajstić information content (AvgIpc) is 2.37. The van der Waals surface area contributed by atoms with Gasteiger partial charge in [0.15, 0.2) is 0 Å². The SMILES string of the molecule is COCCN(C)CCN=C(N)C1CCCCC1. The zero-order chi connectivity index (χ0) is 12.5. The highest BCUT2D eigenvalue weighted by Crippen LogP contribution is 2.23. The highest BCUT2D eigenvalue weighted by molar-refractivity contribution is 5.82. The maximum absolute atomic E-state index is 6.04. The number of amidine groups is 1. The Labute approximate surface area is 105 Å². The summed E-state index contributed by atoms with van der Waals surface area (Å²) in [5.74, 6) is 1.43. The molecule has 0 unspecified atom stereocenters. The van der Waals surface area contributed by atoms with Crippen molar-refractivity contribution >= 4 is 5.84 Å². The van der Waals surface area contributed by atoms with Gasteiger partial charge in [-0.1, -0.05) is 19.3 Å². The van der Waals surface area contributed by atoms with Crippen LogP contribution in [0.1, 0.15) is 32.1 Å². The van der Waals surface area contributed by atoms with Gasteiger partial charge in [-0.05, 0) is 19.9 Å². The summed E-state index contributed by atoms with van der Waals surface area (Å²) in [6, 6.07) is 0. The van der Waals surface area contributed by atoms with Gasteiger partial charge in [0.25, 0.3) is 0 Å². The lowest BCUT2D eigenvalue weighted by Gasteiger charge is -2.21. The first-order chi connectivity index (χ1) is 8.24. The Hall–Kier alpha value is -0.610. The van der Waals surface area contributed by atoms with Crippen molar-refractivity contribution in [2.45, 2.75) is 32.1 Å². The molecule has 1 aliphatic rings. The van der Waals surface area contributed by atoms with Crippen LogP contribution in [-0.4, -0.2) is 51.1 Å². The third kappa shape index (κ3) is 6.03. The van der Waals surface area contributed by atoms with Crippen LogP contribution in [0, 0.1) is 5.92 Å². The fourth-order valence-electron chi connectivity index (χ4n) is 2.24. The quantitative estimate of drug-likeness (QED) is 0.543. The van der Waals surface area contributed by atoms with Crippen molar-refractivity contribution in [3.05, 3.63) is 0 Å². The molecular formula is C13H27N3O. The van der Waals surface area contributed by atoms with E-state index in [1.54, 1.807) is 7.11 Å². The highest BCUT2D eigenvalue weighted by Gasteiger charge is 2.16. The molecule has 0 aromatic rings. The number of ether oxygens (including phenoxy) is 1.